The van der Waals surface area contributed by atoms with Gasteiger partial charge in [-0.15, -0.1) is 0 Å². The molecule has 1 saturated heterocycles. The normalized spacial score (nSPS) is 18.0. The van der Waals surface area contributed by atoms with Crippen LogP contribution in [0.15, 0.2) is 30.3 Å². The van der Waals surface area contributed by atoms with Crippen molar-refractivity contribution in [3.8, 4) is 5.75 Å². The molecule has 2 heterocycles. The molecule has 1 amide bonds. The molecule has 0 spiro atoms. The number of hydrogen-bond donors (Lipinski definition) is 0. The highest BCUT2D eigenvalue weighted by Crippen LogP contribution is 2.27. The van der Waals surface area contributed by atoms with Crippen molar-refractivity contribution in [1.82, 2.24) is 9.88 Å². The molecule has 0 saturated carbocycles. The number of hydrogen-bond acceptors (Lipinski definition) is 4. The first kappa shape index (κ1) is 16.6. The number of likely N-dealkylation sites (tertiary alicyclic amines) is 1. The average Bonchev–Trinajstić information content (AvgIpc) is 2.95. The Morgan fingerprint density at radius 1 is 1.25 bits per heavy atom. The second-order valence-corrected chi connectivity index (χ2v) is 7.24. The van der Waals surface area contributed by atoms with Crippen molar-refractivity contribution in [1.29, 1.82) is 0 Å². The minimum Gasteiger partial charge on any atom is -0.486 e. The van der Waals surface area contributed by atoms with Crippen LogP contribution in [-0.2, 0) is 4.74 Å². The third-order valence-corrected chi connectivity index (χ3v) is 3.91. The second-order valence-electron chi connectivity index (χ2n) is 7.24. The molecule has 0 radical (unpaired) electrons. The van der Waals surface area contributed by atoms with Crippen molar-refractivity contribution in [3.63, 3.8) is 0 Å². The van der Waals surface area contributed by atoms with Gasteiger partial charge in [0.1, 0.15) is 23.0 Å². The Morgan fingerprint density at radius 2 is 2.04 bits per heavy atom. The average molecular weight is 328 g/mol. The van der Waals surface area contributed by atoms with Crippen molar-refractivity contribution in [2.24, 2.45) is 0 Å². The van der Waals surface area contributed by atoms with Gasteiger partial charge in [-0.1, -0.05) is 18.2 Å². The number of rotatable bonds is 2. The van der Waals surface area contributed by atoms with E-state index in [0.29, 0.717) is 13.1 Å². The van der Waals surface area contributed by atoms with Gasteiger partial charge in [-0.05, 0) is 39.8 Å². The SMILES string of the molecule is Cc1ccc2cccc(OC3CCN(C(=O)OC(C)(C)C)C3)c2n1. The smallest absolute Gasteiger partial charge is 0.410 e. The van der Waals surface area contributed by atoms with Crippen LogP contribution in [0.25, 0.3) is 10.9 Å². The molecule has 5 heteroatoms. The number of amides is 1. The predicted octanol–water partition coefficient (Wildman–Crippen LogP) is 3.93. The number of aryl methyl sites for hydroxylation is 1. The number of carbonyl (C=O) groups is 1. The molecular formula is C19H24N2O3. The lowest BCUT2D eigenvalue weighted by Crippen LogP contribution is -2.36. The molecule has 0 N–H and O–H groups in total. The van der Waals surface area contributed by atoms with Gasteiger partial charge in [-0.3, -0.25) is 0 Å². The topological polar surface area (TPSA) is 51.7 Å². The minimum absolute atomic E-state index is 0.0366. The van der Waals surface area contributed by atoms with E-state index in [9.17, 15) is 4.79 Å². The number of benzene rings is 1. The molecule has 1 atom stereocenters. The van der Waals surface area contributed by atoms with Crippen molar-refractivity contribution in [2.45, 2.75) is 45.8 Å². The summed E-state index contributed by atoms with van der Waals surface area (Å²) in [5.74, 6) is 0.771. The summed E-state index contributed by atoms with van der Waals surface area (Å²) in [4.78, 5) is 18.4. The van der Waals surface area contributed by atoms with Crippen LogP contribution in [0.5, 0.6) is 5.75 Å². The number of fused-ring (bicyclic) bond motifs is 1. The molecule has 0 aliphatic carbocycles. The summed E-state index contributed by atoms with van der Waals surface area (Å²) in [7, 11) is 0. The lowest BCUT2D eigenvalue weighted by molar-refractivity contribution is 0.0276. The Morgan fingerprint density at radius 3 is 2.79 bits per heavy atom. The summed E-state index contributed by atoms with van der Waals surface area (Å²) in [6.07, 6.45) is 0.479. The number of pyridine rings is 1. The van der Waals surface area contributed by atoms with Gasteiger partial charge in [0.05, 0.1) is 6.54 Å². The summed E-state index contributed by atoms with van der Waals surface area (Å²) in [6.45, 7) is 8.78. The van der Waals surface area contributed by atoms with Gasteiger partial charge in [0.15, 0.2) is 0 Å². The van der Waals surface area contributed by atoms with Gasteiger partial charge >= 0.3 is 6.09 Å². The monoisotopic (exact) mass is 328 g/mol. The van der Waals surface area contributed by atoms with Gasteiger partial charge in [-0.2, -0.15) is 0 Å². The van der Waals surface area contributed by atoms with Gasteiger partial charge in [0, 0.05) is 24.0 Å². The van der Waals surface area contributed by atoms with Crippen LogP contribution < -0.4 is 4.74 Å². The van der Waals surface area contributed by atoms with E-state index in [4.69, 9.17) is 9.47 Å². The lowest BCUT2D eigenvalue weighted by atomic mass is 10.2. The van der Waals surface area contributed by atoms with E-state index < -0.39 is 5.60 Å². The summed E-state index contributed by atoms with van der Waals surface area (Å²) in [6, 6.07) is 9.97. The summed E-state index contributed by atoms with van der Waals surface area (Å²) >= 11 is 0. The number of nitrogens with zero attached hydrogens (tertiary/aromatic N) is 2. The van der Waals surface area contributed by atoms with Crippen LogP contribution in [0.4, 0.5) is 4.79 Å². The highest BCUT2D eigenvalue weighted by molar-refractivity contribution is 5.84. The molecule has 5 nitrogen and oxygen atoms in total. The van der Waals surface area contributed by atoms with Gasteiger partial charge in [0.2, 0.25) is 0 Å². The summed E-state index contributed by atoms with van der Waals surface area (Å²) in [5.41, 5.74) is 1.35. The molecule has 1 aromatic heterocycles. The first-order chi connectivity index (χ1) is 11.3. The highest BCUT2D eigenvalue weighted by Gasteiger charge is 2.31. The maximum Gasteiger partial charge on any atom is 0.410 e. The fraction of sp³-hybridized carbons (Fsp3) is 0.474. The molecule has 128 valence electrons. The zero-order valence-electron chi connectivity index (χ0n) is 14.7. The molecule has 2 aromatic rings. The van der Waals surface area contributed by atoms with Crippen LogP contribution in [0.1, 0.15) is 32.9 Å². The second kappa shape index (κ2) is 6.30. The standard InChI is InChI=1S/C19H24N2O3/c1-13-8-9-14-6-5-7-16(17(14)20-13)23-15-10-11-21(12-15)18(22)24-19(2,3)4/h5-9,15H,10-12H2,1-4H3. The van der Waals surface area contributed by atoms with Crippen LogP contribution in [0.3, 0.4) is 0 Å². The quantitative estimate of drug-likeness (QED) is 0.838. The number of para-hydroxylation sites is 1. The highest BCUT2D eigenvalue weighted by atomic mass is 16.6. The molecule has 3 rings (SSSR count). The molecule has 1 unspecified atom stereocenters. The van der Waals surface area contributed by atoms with E-state index in [1.165, 1.54) is 0 Å². The molecule has 1 aromatic carbocycles. The maximum absolute atomic E-state index is 12.2. The van der Waals surface area contributed by atoms with Gasteiger partial charge < -0.3 is 14.4 Å². The Kier molecular flexibility index (Phi) is 4.35. The Bertz CT molecular complexity index is 752. The molecule has 24 heavy (non-hydrogen) atoms. The third-order valence-electron chi connectivity index (χ3n) is 3.91. The van der Waals surface area contributed by atoms with E-state index in [-0.39, 0.29) is 12.2 Å². The van der Waals surface area contributed by atoms with Crippen molar-refractivity contribution >= 4 is 17.0 Å². The van der Waals surface area contributed by atoms with Crippen molar-refractivity contribution in [2.75, 3.05) is 13.1 Å². The molecule has 1 aliphatic rings. The fourth-order valence-corrected chi connectivity index (χ4v) is 2.81. The van der Waals surface area contributed by atoms with Crippen LogP contribution in [-0.4, -0.2) is 40.8 Å². The van der Waals surface area contributed by atoms with E-state index in [2.05, 4.69) is 4.98 Å². The minimum atomic E-state index is -0.479. The van der Waals surface area contributed by atoms with E-state index >= 15 is 0 Å². The lowest BCUT2D eigenvalue weighted by Gasteiger charge is -2.24. The Labute approximate surface area is 142 Å². The Balaban J connectivity index is 1.70. The van der Waals surface area contributed by atoms with E-state index in [1.807, 2.05) is 58.0 Å². The number of ether oxygens (including phenoxy) is 2. The first-order valence-corrected chi connectivity index (χ1v) is 8.33. The van der Waals surface area contributed by atoms with Crippen molar-refractivity contribution < 1.29 is 14.3 Å². The molecular weight excluding hydrogens is 304 g/mol. The zero-order valence-corrected chi connectivity index (χ0v) is 14.7. The zero-order chi connectivity index (χ0) is 17.3. The fourth-order valence-electron chi connectivity index (χ4n) is 2.81. The van der Waals surface area contributed by atoms with Crippen LogP contribution >= 0.6 is 0 Å². The number of aromatic nitrogens is 1. The Hall–Kier alpha value is -2.30. The maximum atomic E-state index is 12.2. The molecule has 1 aliphatic heterocycles. The largest absolute Gasteiger partial charge is 0.486 e. The number of carbonyl (C=O) groups excluding carboxylic acids is 1. The van der Waals surface area contributed by atoms with E-state index in [0.717, 1.165) is 28.8 Å². The van der Waals surface area contributed by atoms with Crippen LogP contribution in [0.2, 0.25) is 0 Å². The summed E-state index contributed by atoms with van der Waals surface area (Å²) < 4.78 is 11.6. The molecule has 1 fully saturated rings. The van der Waals surface area contributed by atoms with Crippen molar-refractivity contribution in [3.05, 3.63) is 36.0 Å². The summed E-state index contributed by atoms with van der Waals surface area (Å²) in [5, 5.41) is 1.06. The first-order valence-electron chi connectivity index (χ1n) is 8.33. The van der Waals surface area contributed by atoms with Crippen LogP contribution in [0, 0.1) is 6.92 Å². The molecule has 0 bridgehead atoms. The van der Waals surface area contributed by atoms with E-state index in [1.54, 1.807) is 4.90 Å². The predicted molar refractivity (Wildman–Crippen MR) is 93.3 cm³/mol. The van der Waals surface area contributed by atoms with Gasteiger partial charge in [-0.25, -0.2) is 9.78 Å². The van der Waals surface area contributed by atoms with Gasteiger partial charge in [0.25, 0.3) is 0 Å². The third kappa shape index (κ3) is 3.78.